The van der Waals surface area contributed by atoms with Crippen LogP contribution in [0.3, 0.4) is 0 Å². The molecule has 27 heavy (non-hydrogen) atoms. The molecule has 1 atom stereocenters. The minimum atomic E-state index is -3.77. The van der Waals surface area contributed by atoms with E-state index in [0.717, 1.165) is 24.8 Å². The Bertz CT molecular complexity index is 964. The second-order valence-electron chi connectivity index (χ2n) is 6.61. The molecule has 0 saturated carbocycles. The summed E-state index contributed by atoms with van der Waals surface area (Å²) in [5.41, 5.74) is 0.887. The molecule has 0 aliphatic carbocycles. The first kappa shape index (κ1) is 18.9. The predicted octanol–water partition coefficient (Wildman–Crippen LogP) is 4.68. The number of hydrogen-bond donors (Lipinski definition) is 0. The van der Waals surface area contributed by atoms with Gasteiger partial charge in [-0.1, -0.05) is 29.3 Å². The van der Waals surface area contributed by atoms with Crippen LogP contribution >= 0.6 is 23.2 Å². The van der Waals surface area contributed by atoms with E-state index in [9.17, 15) is 8.42 Å². The third-order valence-electron chi connectivity index (χ3n) is 4.84. The van der Waals surface area contributed by atoms with Crippen LogP contribution in [0.1, 0.15) is 30.9 Å². The highest BCUT2D eigenvalue weighted by Crippen LogP contribution is 2.41. The van der Waals surface area contributed by atoms with E-state index in [2.05, 4.69) is 0 Å². The van der Waals surface area contributed by atoms with Crippen molar-refractivity contribution in [2.45, 2.75) is 30.2 Å². The number of fused-ring (bicyclic) bond motifs is 1. The molecule has 2 aromatic rings. The second-order valence-corrected chi connectivity index (χ2v) is 9.31. The molecule has 0 amide bonds. The zero-order valence-corrected chi connectivity index (χ0v) is 16.9. The molecular weight excluding hydrogens is 409 g/mol. The average molecular weight is 428 g/mol. The lowest BCUT2D eigenvalue weighted by molar-refractivity contribution is 0.296. The number of sulfonamides is 1. The predicted molar refractivity (Wildman–Crippen MR) is 104 cm³/mol. The van der Waals surface area contributed by atoms with Crippen molar-refractivity contribution < 1.29 is 17.9 Å². The molecule has 1 saturated heterocycles. The van der Waals surface area contributed by atoms with Crippen LogP contribution in [0.4, 0.5) is 0 Å². The van der Waals surface area contributed by atoms with Crippen molar-refractivity contribution in [3.63, 3.8) is 0 Å². The van der Waals surface area contributed by atoms with Gasteiger partial charge in [0.1, 0.15) is 4.90 Å². The first-order valence-electron chi connectivity index (χ1n) is 8.83. The number of nitrogens with zero attached hydrogens (tertiary/aromatic N) is 1. The summed E-state index contributed by atoms with van der Waals surface area (Å²) in [5, 5.41) is 0.507. The molecule has 0 radical (unpaired) electrons. The summed E-state index contributed by atoms with van der Waals surface area (Å²) in [7, 11) is -3.77. The van der Waals surface area contributed by atoms with E-state index < -0.39 is 10.0 Å². The Labute approximate surface area is 168 Å². The van der Waals surface area contributed by atoms with E-state index in [0.29, 0.717) is 36.3 Å². The van der Waals surface area contributed by atoms with Crippen LogP contribution < -0.4 is 9.47 Å². The second kappa shape index (κ2) is 7.51. The van der Waals surface area contributed by atoms with Crippen molar-refractivity contribution in [1.82, 2.24) is 4.31 Å². The summed E-state index contributed by atoms with van der Waals surface area (Å²) < 4.78 is 39.5. The number of rotatable bonds is 3. The largest absolute Gasteiger partial charge is 0.490 e. The molecule has 2 aliphatic rings. The summed E-state index contributed by atoms with van der Waals surface area (Å²) in [4.78, 5) is 0.0397. The first-order chi connectivity index (χ1) is 13.0. The highest BCUT2D eigenvalue weighted by molar-refractivity contribution is 7.89. The first-order valence-corrected chi connectivity index (χ1v) is 11.0. The quantitative estimate of drug-likeness (QED) is 0.713. The van der Waals surface area contributed by atoms with Gasteiger partial charge in [-0.3, -0.25) is 0 Å². The van der Waals surface area contributed by atoms with Crippen LogP contribution in [0.5, 0.6) is 11.5 Å². The molecule has 8 heteroatoms. The maximum atomic E-state index is 13.3. The van der Waals surface area contributed by atoms with Gasteiger partial charge in [0.2, 0.25) is 10.0 Å². The molecule has 2 aromatic carbocycles. The monoisotopic (exact) mass is 427 g/mol. The Morgan fingerprint density at radius 1 is 0.963 bits per heavy atom. The zero-order chi connectivity index (χ0) is 19.0. The van der Waals surface area contributed by atoms with Crippen LogP contribution in [0.25, 0.3) is 0 Å². The molecule has 2 aliphatic heterocycles. The molecule has 144 valence electrons. The summed E-state index contributed by atoms with van der Waals surface area (Å²) in [5.74, 6) is 1.36. The molecular formula is C19H19Cl2NO4S. The summed E-state index contributed by atoms with van der Waals surface area (Å²) in [6, 6.07) is 9.87. The summed E-state index contributed by atoms with van der Waals surface area (Å²) >= 11 is 12.2. The lowest BCUT2D eigenvalue weighted by atomic mass is 10.0. The van der Waals surface area contributed by atoms with Gasteiger partial charge >= 0.3 is 0 Å². The molecule has 0 unspecified atom stereocenters. The van der Waals surface area contributed by atoms with Crippen LogP contribution in [0.2, 0.25) is 10.0 Å². The van der Waals surface area contributed by atoms with Gasteiger partial charge < -0.3 is 9.47 Å². The van der Waals surface area contributed by atoms with E-state index in [1.165, 1.54) is 16.4 Å². The molecule has 0 aromatic heterocycles. The van der Waals surface area contributed by atoms with Gasteiger partial charge in [0.15, 0.2) is 11.5 Å². The van der Waals surface area contributed by atoms with E-state index in [-0.39, 0.29) is 16.0 Å². The lowest BCUT2D eigenvalue weighted by Crippen LogP contribution is -2.31. The third kappa shape index (κ3) is 3.63. The van der Waals surface area contributed by atoms with Gasteiger partial charge in [-0.05, 0) is 48.7 Å². The van der Waals surface area contributed by atoms with Gasteiger partial charge in [-0.15, -0.1) is 0 Å². The smallest absolute Gasteiger partial charge is 0.245 e. The Hall–Kier alpha value is -1.47. The number of hydrogen-bond acceptors (Lipinski definition) is 4. The normalized spacial score (nSPS) is 20.4. The molecule has 0 bridgehead atoms. The van der Waals surface area contributed by atoms with E-state index in [1.807, 2.05) is 18.2 Å². The Morgan fingerprint density at radius 2 is 1.74 bits per heavy atom. The number of halogens is 2. The topological polar surface area (TPSA) is 55.8 Å². The molecule has 0 spiro atoms. The van der Waals surface area contributed by atoms with Crippen LogP contribution in [-0.2, 0) is 10.0 Å². The van der Waals surface area contributed by atoms with Gasteiger partial charge in [0, 0.05) is 18.0 Å². The van der Waals surface area contributed by atoms with Crippen molar-refractivity contribution >= 4 is 33.2 Å². The van der Waals surface area contributed by atoms with Crippen molar-refractivity contribution in [2.24, 2.45) is 0 Å². The minimum Gasteiger partial charge on any atom is -0.490 e. The Kier molecular flexibility index (Phi) is 5.25. The fourth-order valence-electron chi connectivity index (χ4n) is 3.55. The van der Waals surface area contributed by atoms with Crippen LogP contribution in [0.15, 0.2) is 41.3 Å². The number of benzene rings is 2. The van der Waals surface area contributed by atoms with E-state index in [4.69, 9.17) is 32.7 Å². The Balaban J connectivity index is 1.70. The molecule has 0 N–H and O–H groups in total. The van der Waals surface area contributed by atoms with Gasteiger partial charge in [0.25, 0.3) is 0 Å². The lowest BCUT2D eigenvalue weighted by Gasteiger charge is -2.25. The zero-order valence-electron chi connectivity index (χ0n) is 14.5. The standard InChI is InChI=1S/C19H19Cl2NO4S/c20-14-5-6-15(21)19(12-14)27(23,24)22-8-1-3-16(22)13-4-7-17-18(11-13)26-10-2-9-25-17/h4-7,11-12,16H,1-3,8-10H2/t16-/m0/s1. The summed E-state index contributed by atoms with van der Waals surface area (Å²) in [6.07, 6.45) is 2.33. The maximum absolute atomic E-state index is 13.3. The molecule has 2 heterocycles. The molecule has 4 rings (SSSR count). The highest BCUT2D eigenvalue weighted by atomic mass is 35.5. The van der Waals surface area contributed by atoms with E-state index in [1.54, 1.807) is 6.07 Å². The highest BCUT2D eigenvalue weighted by Gasteiger charge is 2.37. The van der Waals surface area contributed by atoms with Gasteiger partial charge in [-0.2, -0.15) is 4.31 Å². The third-order valence-corrected chi connectivity index (χ3v) is 7.46. The van der Waals surface area contributed by atoms with Crippen molar-refractivity contribution in [3.8, 4) is 11.5 Å². The van der Waals surface area contributed by atoms with Gasteiger partial charge in [0.05, 0.1) is 24.3 Å². The van der Waals surface area contributed by atoms with Crippen molar-refractivity contribution in [3.05, 3.63) is 52.0 Å². The van der Waals surface area contributed by atoms with Crippen molar-refractivity contribution in [2.75, 3.05) is 19.8 Å². The number of ether oxygens (including phenoxy) is 2. The van der Waals surface area contributed by atoms with Gasteiger partial charge in [-0.25, -0.2) is 8.42 Å². The molecule has 1 fully saturated rings. The van der Waals surface area contributed by atoms with E-state index >= 15 is 0 Å². The molecule has 5 nitrogen and oxygen atoms in total. The fourth-order valence-corrected chi connectivity index (χ4v) is 5.97. The van der Waals surface area contributed by atoms with Crippen molar-refractivity contribution in [1.29, 1.82) is 0 Å². The average Bonchev–Trinajstić information content (AvgIpc) is 3.03. The van der Waals surface area contributed by atoms with Crippen LogP contribution in [0, 0.1) is 0 Å². The summed E-state index contributed by atoms with van der Waals surface area (Å²) in [6.45, 7) is 1.63. The SMILES string of the molecule is O=S(=O)(c1cc(Cl)ccc1Cl)N1CCC[C@H]1c1ccc2c(c1)OCCCO2. The maximum Gasteiger partial charge on any atom is 0.245 e. The Morgan fingerprint density at radius 3 is 2.56 bits per heavy atom. The fraction of sp³-hybridized carbons (Fsp3) is 0.368. The van der Waals surface area contributed by atoms with Crippen LogP contribution in [-0.4, -0.2) is 32.5 Å². The minimum absolute atomic E-state index is 0.0397.